The number of hydrogen-bond donors (Lipinski definition) is 1. The van der Waals surface area contributed by atoms with E-state index in [0.29, 0.717) is 48.6 Å². The smallest absolute Gasteiger partial charge is 0.291 e. The Hall–Kier alpha value is -4.33. The Labute approximate surface area is 208 Å². The lowest BCUT2D eigenvalue weighted by atomic mass is 10.1. The summed E-state index contributed by atoms with van der Waals surface area (Å²) < 4.78 is 24.4. The van der Waals surface area contributed by atoms with Crippen LogP contribution in [0.5, 0.6) is 5.75 Å². The standard InChI is InChI=1S/C28H26FN3O4/c1-35-22-12-6-19(7-13-22)18-25(33)30-26-23-4-2-3-5-24(23)36-27(26)28(34)32-16-14-31(15-17-32)21-10-8-20(29)9-11-21/h2-13H,14-18H2,1H3,(H,30,33). The van der Waals surface area contributed by atoms with Crippen LogP contribution in [-0.4, -0.2) is 50.0 Å². The first-order valence-corrected chi connectivity index (χ1v) is 11.8. The van der Waals surface area contributed by atoms with Gasteiger partial charge in [0.1, 0.15) is 22.8 Å². The summed E-state index contributed by atoms with van der Waals surface area (Å²) in [5.74, 6) is 0.0347. The largest absolute Gasteiger partial charge is 0.497 e. The number of carbonyl (C=O) groups excluding carboxylic acids is 2. The van der Waals surface area contributed by atoms with E-state index in [-0.39, 0.29) is 29.8 Å². The highest BCUT2D eigenvalue weighted by Crippen LogP contribution is 2.32. The molecule has 0 spiro atoms. The highest BCUT2D eigenvalue weighted by atomic mass is 19.1. The number of methoxy groups -OCH3 is 1. The van der Waals surface area contributed by atoms with Crippen LogP contribution in [0, 0.1) is 5.82 Å². The maximum absolute atomic E-state index is 13.5. The van der Waals surface area contributed by atoms with Crippen molar-refractivity contribution in [2.75, 3.05) is 43.5 Å². The van der Waals surface area contributed by atoms with Crippen LogP contribution in [0.1, 0.15) is 16.1 Å². The van der Waals surface area contributed by atoms with E-state index in [0.717, 1.165) is 11.3 Å². The van der Waals surface area contributed by atoms with E-state index in [9.17, 15) is 14.0 Å². The molecule has 1 N–H and O–H groups in total. The predicted molar refractivity (Wildman–Crippen MR) is 136 cm³/mol. The Morgan fingerprint density at radius 2 is 1.64 bits per heavy atom. The average molecular weight is 488 g/mol. The van der Waals surface area contributed by atoms with Gasteiger partial charge in [0.05, 0.1) is 13.5 Å². The number of para-hydroxylation sites is 1. The molecular formula is C28H26FN3O4. The van der Waals surface area contributed by atoms with E-state index in [1.54, 1.807) is 42.3 Å². The molecule has 0 unspecified atom stereocenters. The van der Waals surface area contributed by atoms with E-state index >= 15 is 0 Å². The summed E-state index contributed by atoms with van der Waals surface area (Å²) in [6.45, 7) is 2.17. The Morgan fingerprint density at radius 1 is 0.944 bits per heavy atom. The first kappa shape index (κ1) is 23.4. The second-order valence-corrected chi connectivity index (χ2v) is 8.63. The fourth-order valence-electron chi connectivity index (χ4n) is 4.40. The Balaban J connectivity index is 1.32. The molecule has 1 saturated heterocycles. The van der Waals surface area contributed by atoms with Gasteiger partial charge in [0.15, 0.2) is 0 Å². The van der Waals surface area contributed by atoms with Crippen LogP contribution < -0.4 is 15.0 Å². The van der Waals surface area contributed by atoms with E-state index < -0.39 is 0 Å². The zero-order valence-electron chi connectivity index (χ0n) is 19.9. The SMILES string of the molecule is COc1ccc(CC(=O)Nc2c(C(=O)N3CCN(c4ccc(F)cc4)CC3)oc3ccccc23)cc1. The summed E-state index contributed by atoms with van der Waals surface area (Å²) in [6.07, 6.45) is 0.146. The lowest BCUT2D eigenvalue weighted by molar-refractivity contribution is -0.115. The van der Waals surface area contributed by atoms with Gasteiger partial charge in [-0.05, 0) is 54.1 Å². The van der Waals surface area contributed by atoms with Crippen molar-refractivity contribution in [3.8, 4) is 5.75 Å². The molecule has 1 fully saturated rings. The molecule has 0 saturated carbocycles. The van der Waals surface area contributed by atoms with Crippen LogP contribution in [0.2, 0.25) is 0 Å². The molecule has 4 aromatic rings. The minimum atomic E-state index is -0.279. The first-order chi connectivity index (χ1) is 17.5. The molecule has 8 heteroatoms. The molecular weight excluding hydrogens is 461 g/mol. The molecule has 7 nitrogen and oxygen atoms in total. The molecule has 0 aliphatic carbocycles. The quantitative estimate of drug-likeness (QED) is 0.426. The zero-order valence-corrected chi connectivity index (χ0v) is 19.9. The van der Waals surface area contributed by atoms with Gasteiger partial charge in [-0.2, -0.15) is 0 Å². The van der Waals surface area contributed by atoms with Crippen molar-refractivity contribution in [2.24, 2.45) is 0 Å². The van der Waals surface area contributed by atoms with Gasteiger partial charge in [-0.3, -0.25) is 9.59 Å². The summed E-state index contributed by atoms with van der Waals surface area (Å²) in [4.78, 5) is 30.2. The number of nitrogens with zero attached hydrogens (tertiary/aromatic N) is 2. The van der Waals surface area contributed by atoms with Crippen LogP contribution in [0.15, 0.2) is 77.2 Å². The number of halogens is 1. The maximum Gasteiger partial charge on any atom is 0.291 e. The van der Waals surface area contributed by atoms with E-state index in [4.69, 9.17) is 9.15 Å². The number of hydrogen-bond acceptors (Lipinski definition) is 5. The Morgan fingerprint density at radius 3 is 2.33 bits per heavy atom. The van der Waals surface area contributed by atoms with Gasteiger partial charge in [0.2, 0.25) is 11.7 Å². The predicted octanol–water partition coefficient (Wildman–Crippen LogP) is 4.72. The number of anilines is 2. The molecule has 2 heterocycles. The van der Waals surface area contributed by atoms with Crippen molar-refractivity contribution in [3.05, 3.63) is 89.9 Å². The van der Waals surface area contributed by atoms with E-state index in [1.165, 1.54) is 12.1 Å². The summed E-state index contributed by atoms with van der Waals surface area (Å²) in [6, 6.07) is 20.9. The second-order valence-electron chi connectivity index (χ2n) is 8.63. The van der Waals surface area contributed by atoms with Crippen molar-refractivity contribution < 1.29 is 23.1 Å². The molecule has 3 aromatic carbocycles. The van der Waals surface area contributed by atoms with Crippen LogP contribution in [0.25, 0.3) is 11.0 Å². The lowest BCUT2D eigenvalue weighted by Gasteiger charge is -2.35. The molecule has 0 bridgehead atoms. The van der Waals surface area contributed by atoms with Crippen molar-refractivity contribution in [3.63, 3.8) is 0 Å². The fourth-order valence-corrected chi connectivity index (χ4v) is 4.40. The second kappa shape index (κ2) is 10.1. The van der Waals surface area contributed by atoms with Crippen LogP contribution in [0.3, 0.4) is 0 Å². The van der Waals surface area contributed by atoms with Crippen LogP contribution in [-0.2, 0) is 11.2 Å². The maximum atomic E-state index is 13.5. The van der Waals surface area contributed by atoms with Crippen molar-refractivity contribution in [2.45, 2.75) is 6.42 Å². The topological polar surface area (TPSA) is 75.0 Å². The zero-order chi connectivity index (χ0) is 25.1. The number of nitrogens with one attached hydrogen (secondary N) is 1. The molecule has 1 aliphatic heterocycles. The van der Waals surface area contributed by atoms with Gasteiger partial charge in [0, 0.05) is 37.3 Å². The van der Waals surface area contributed by atoms with Gasteiger partial charge in [-0.1, -0.05) is 24.3 Å². The third-order valence-electron chi connectivity index (χ3n) is 6.34. The van der Waals surface area contributed by atoms with Gasteiger partial charge in [0.25, 0.3) is 5.91 Å². The van der Waals surface area contributed by atoms with Gasteiger partial charge < -0.3 is 24.3 Å². The molecule has 1 aromatic heterocycles. The summed E-state index contributed by atoms with van der Waals surface area (Å²) in [7, 11) is 1.59. The third-order valence-corrected chi connectivity index (χ3v) is 6.34. The lowest BCUT2D eigenvalue weighted by Crippen LogP contribution is -2.48. The Kier molecular flexibility index (Phi) is 6.58. The number of ether oxygens (including phenoxy) is 1. The number of carbonyl (C=O) groups is 2. The van der Waals surface area contributed by atoms with Gasteiger partial charge in [-0.25, -0.2) is 4.39 Å². The number of piperazine rings is 1. The van der Waals surface area contributed by atoms with Gasteiger partial charge >= 0.3 is 0 Å². The summed E-state index contributed by atoms with van der Waals surface area (Å²) in [5, 5.41) is 3.59. The van der Waals surface area contributed by atoms with Crippen LogP contribution in [0.4, 0.5) is 15.8 Å². The minimum Gasteiger partial charge on any atom is -0.497 e. The fraction of sp³-hybridized carbons (Fsp3) is 0.214. The molecule has 0 atom stereocenters. The molecule has 0 radical (unpaired) electrons. The highest BCUT2D eigenvalue weighted by molar-refractivity contribution is 6.11. The number of fused-ring (bicyclic) bond motifs is 1. The summed E-state index contributed by atoms with van der Waals surface area (Å²) >= 11 is 0. The number of rotatable bonds is 6. The van der Waals surface area contributed by atoms with Crippen LogP contribution >= 0.6 is 0 Å². The molecule has 5 rings (SSSR count). The molecule has 2 amide bonds. The summed E-state index contributed by atoms with van der Waals surface area (Å²) in [5.41, 5.74) is 2.66. The third kappa shape index (κ3) is 4.88. The van der Waals surface area contributed by atoms with E-state index in [2.05, 4.69) is 10.2 Å². The first-order valence-electron chi connectivity index (χ1n) is 11.8. The van der Waals surface area contributed by atoms with Crippen molar-refractivity contribution in [1.29, 1.82) is 0 Å². The molecule has 184 valence electrons. The Bertz CT molecular complexity index is 1370. The number of benzene rings is 3. The van der Waals surface area contributed by atoms with Crippen molar-refractivity contribution in [1.82, 2.24) is 4.90 Å². The van der Waals surface area contributed by atoms with Gasteiger partial charge in [-0.15, -0.1) is 0 Å². The normalized spacial score (nSPS) is 13.6. The van der Waals surface area contributed by atoms with E-state index in [1.807, 2.05) is 30.3 Å². The average Bonchev–Trinajstić information content (AvgIpc) is 3.27. The number of amides is 2. The number of furan rings is 1. The minimum absolute atomic E-state index is 0.120. The monoisotopic (exact) mass is 487 g/mol. The highest BCUT2D eigenvalue weighted by Gasteiger charge is 2.29. The molecule has 1 aliphatic rings. The van der Waals surface area contributed by atoms with Crippen molar-refractivity contribution >= 4 is 34.2 Å². The molecule has 36 heavy (non-hydrogen) atoms.